The zero-order chi connectivity index (χ0) is 18.5. The van der Waals surface area contributed by atoms with Gasteiger partial charge in [0.2, 0.25) is 11.1 Å². The summed E-state index contributed by atoms with van der Waals surface area (Å²) in [4.78, 5) is 16.5. The van der Waals surface area contributed by atoms with Gasteiger partial charge in [-0.05, 0) is 22.6 Å². The molecule has 1 aromatic carbocycles. The number of carbonyl (C=O) groups is 1. The maximum Gasteiger partial charge on any atom is 0.236 e. The molecule has 3 rings (SSSR count). The largest absolute Gasteiger partial charge is 0.301 e. The zero-order valence-corrected chi connectivity index (χ0v) is 16.4. The van der Waals surface area contributed by atoms with Crippen LogP contribution in [-0.4, -0.2) is 36.9 Å². The Bertz CT molecular complexity index is 942. The Kier molecular flexibility index (Phi) is 6.25. The molecule has 0 aliphatic carbocycles. The first-order valence-electron chi connectivity index (χ1n) is 7.27. The lowest BCUT2D eigenvalue weighted by Crippen LogP contribution is -2.14. The summed E-state index contributed by atoms with van der Waals surface area (Å²) in [5.41, 5.74) is 1.54. The van der Waals surface area contributed by atoms with Gasteiger partial charge < -0.3 is 5.32 Å². The Morgan fingerprint density at radius 2 is 2.23 bits per heavy atom. The zero-order valence-electron chi connectivity index (χ0n) is 13.2. The van der Waals surface area contributed by atoms with Crippen molar-refractivity contribution in [1.29, 1.82) is 0 Å². The standard InChI is InChI=1S/C15H12Cl2N6OS2/c1-2-5-23-15(20-21-22-23)26-8-13(24)19-14-18-12(7-25-14)9-3-4-10(16)11(17)6-9/h2-4,6-7H,1,5,8H2,(H,18,19,24). The number of rotatable bonds is 7. The third-order valence-electron chi connectivity index (χ3n) is 3.10. The molecule has 0 atom stereocenters. The summed E-state index contributed by atoms with van der Waals surface area (Å²) in [6.45, 7) is 4.12. The van der Waals surface area contributed by atoms with Crippen LogP contribution in [0.3, 0.4) is 0 Å². The quantitative estimate of drug-likeness (QED) is 0.453. The van der Waals surface area contributed by atoms with Crippen LogP contribution in [0, 0.1) is 0 Å². The highest BCUT2D eigenvalue weighted by molar-refractivity contribution is 7.99. The van der Waals surface area contributed by atoms with Crippen LogP contribution in [0.25, 0.3) is 11.3 Å². The molecule has 0 spiro atoms. The van der Waals surface area contributed by atoms with Gasteiger partial charge in [-0.15, -0.1) is 23.0 Å². The van der Waals surface area contributed by atoms with E-state index in [9.17, 15) is 4.79 Å². The molecule has 134 valence electrons. The minimum atomic E-state index is -0.196. The Balaban J connectivity index is 1.60. The van der Waals surface area contributed by atoms with Gasteiger partial charge in [-0.1, -0.05) is 47.1 Å². The van der Waals surface area contributed by atoms with Crippen molar-refractivity contribution in [3.8, 4) is 11.3 Å². The average molecular weight is 427 g/mol. The van der Waals surface area contributed by atoms with Gasteiger partial charge in [-0.3, -0.25) is 4.79 Å². The third kappa shape index (κ3) is 4.61. The Hall–Kier alpha value is -1.94. The van der Waals surface area contributed by atoms with Crippen LogP contribution in [0.2, 0.25) is 10.0 Å². The first-order chi connectivity index (χ1) is 12.6. The van der Waals surface area contributed by atoms with Gasteiger partial charge in [0.15, 0.2) is 5.13 Å². The van der Waals surface area contributed by atoms with Crippen molar-refractivity contribution in [2.75, 3.05) is 11.1 Å². The van der Waals surface area contributed by atoms with E-state index in [2.05, 4.69) is 32.4 Å². The number of tetrazole rings is 1. The number of anilines is 1. The molecule has 0 aliphatic heterocycles. The molecule has 0 aliphatic rings. The molecular weight excluding hydrogens is 415 g/mol. The second kappa shape index (κ2) is 8.63. The van der Waals surface area contributed by atoms with Crippen LogP contribution in [-0.2, 0) is 11.3 Å². The topological polar surface area (TPSA) is 85.6 Å². The fraction of sp³-hybridized carbons (Fsp3) is 0.133. The van der Waals surface area contributed by atoms with E-state index in [1.807, 2.05) is 11.4 Å². The number of nitrogens with zero attached hydrogens (tertiary/aromatic N) is 5. The molecule has 26 heavy (non-hydrogen) atoms. The number of hydrogen-bond acceptors (Lipinski definition) is 7. The van der Waals surface area contributed by atoms with Gasteiger partial charge in [0, 0.05) is 10.9 Å². The van der Waals surface area contributed by atoms with Crippen molar-refractivity contribution in [3.05, 3.63) is 46.3 Å². The molecule has 1 amide bonds. The maximum atomic E-state index is 12.1. The number of hydrogen-bond donors (Lipinski definition) is 1. The van der Waals surface area contributed by atoms with Gasteiger partial charge in [0.1, 0.15) is 0 Å². The third-order valence-corrected chi connectivity index (χ3v) is 5.55. The number of nitrogens with one attached hydrogen (secondary N) is 1. The smallest absolute Gasteiger partial charge is 0.236 e. The van der Waals surface area contributed by atoms with E-state index in [1.165, 1.54) is 23.1 Å². The van der Waals surface area contributed by atoms with E-state index < -0.39 is 0 Å². The molecule has 3 aromatic rings. The van der Waals surface area contributed by atoms with E-state index in [0.717, 1.165) is 5.56 Å². The highest BCUT2D eigenvalue weighted by atomic mass is 35.5. The summed E-state index contributed by atoms with van der Waals surface area (Å²) in [5.74, 6) is -0.0302. The SMILES string of the molecule is C=CCn1nnnc1SCC(=O)Nc1nc(-c2ccc(Cl)c(Cl)c2)cs1. The number of carbonyl (C=O) groups excluding carboxylic acids is 1. The molecule has 2 aromatic heterocycles. The monoisotopic (exact) mass is 426 g/mol. The minimum absolute atomic E-state index is 0.166. The molecule has 0 saturated heterocycles. The van der Waals surface area contributed by atoms with Gasteiger partial charge >= 0.3 is 0 Å². The van der Waals surface area contributed by atoms with E-state index in [4.69, 9.17) is 23.2 Å². The molecular formula is C15H12Cl2N6OS2. The normalized spacial score (nSPS) is 10.7. The summed E-state index contributed by atoms with van der Waals surface area (Å²) in [5, 5.41) is 17.9. The number of halogens is 2. The van der Waals surface area contributed by atoms with E-state index in [-0.39, 0.29) is 11.7 Å². The van der Waals surface area contributed by atoms with E-state index >= 15 is 0 Å². The van der Waals surface area contributed by atoms with Crippen LogP contribution in [0.15, 0.2) is 41.4 Å². The first kappa shape index (κ1) is 18.8. The molecule has 0 radical (unpaired) electrons. The van der Waals surface area contributed by atoms with Gasteiger partial charge in [-0.25, -0.2) is 9.67 Å². The number of allylic oxidation sites excluding steroid dienone is 1. The molecule has 0 saturated carbocycles. The molecule has 0 bridgehead atoms. The van der Waals surface area contributed by atoms with Crippen molar-refractivity contribution in [1.82, 2.24) is 25.2 Å². The number of thiazole rings is 1. The fourth-order valence-electron chi connectivity index (χ4n) is 1.94. The Morgan fingerprint density at radius 1 is 1.38 bits per heavy atom. The number of aromatic nitrogens is 5. The van der Waals surface area contributed by atoms with Crippen molar-refractivity contribution in [2.45, 2.75) is 11.7 Å². The maximum absolute atomic E-state index is 12.1. The van der Waals surface area contributed by atoms with E-state index in [0.29, 0.717) is 32.6 Å². The second-order valence-electron chi connectivity index (χ2n) is 4.94. The first-order valence-corrected chi connectivity index (χ1v) is 9.89. The number of benzene rings is 1. The van der Waals surface area contributed by atoms with Crippen LogP contribution in [0.5, 0.6) is 0 Å². The summed E-state index contributed by atoms with van der Waals surface area (Å²) in [7, 11) is 0. The van der Waals surface area contributed by atoms with Crippen molar-refractivity contribution in [2.24, 2.45) is 0 Å². The van der Waals surface area contributed by atoms with Gasteiger partial charge in [0.25, 0.3) is 0 Å². The number of amides is 1. The average Bonchev–Trinajstić information content (AvgIpc) is 3.25. The Morgan fingerprint density at radius 3 is 3.00 bits per heavy atom. The lowest BCUT2D eigenvalue weighted by Gasteiger charge is -2.02. The van der Waals surface area contributed by atoms with Crippen LogP contribution in [0.4, 0.5) is 5.13 Å². The predicted molar refractivity (Wildman–Crippen MR) is 105 cm³/mol. The van der Waals surface area contributed by atoms with Crippen molar-refractivity contribution >= 4 is 57.3 Å². The fourth-order valence-corrected chi connectivity index (χ4v) is 3.66. The summed E-state index contributed by atoms with van der Waals surface area (Å²) < 4.78 is 1.57. The molecule has 11 heteroatoms. The van der Waals surface area contributed by atoms with Gasteiger partial charge in [0.05, 0.1) is 28.0 Å². The predicted octanol–water partition coefficient (Wildman–Crippen LogP) is 4.02. The van der Waals surface area contributed by atoms with Crippen molar-refractivity contribution in [3.63, 3.8) is 0 Å². The highest BCUT2D eigenvalue weighted by Gasteiger charge is 2.12. The summed E-state index contributed by atoms with van der Waals surface area (Å²) in [6.07, 6.45) is 1.68. The molecule has 7 nitrogen and oxygen atoms in total. The Labute approximate surface area is 167 Å². The molecule has 1 N–H and O–H groups in total. The van der Waals surface area contributed by atoms with Gasteiger partial charge in [-0.2, -0.15) is 0 Å². The number of thioether (sulfide) groups is 1. The summed E-state index contributed by atoms with van der Waals surface area (Å²) in [6, 6.07) is 5.27. The minimum Gasteiger partial charge on any atom is -0.301 e. The molecule has 0 unspecified atom stereocenters. The molecule has 2 heterocycles. The van der Waals surface area contributed by atoms with Crippen LogP contribution >= 0.6 is 46.3 Å². The second-order valence-corrected chi connectivity index (χ2v) is 7.55. The lowest BCUT2D eigenvalue weighted by molar-refractivity contribution is -0.113. The van der Waals surface area contributed by atoms with E-state index in [1.54, 1.807) is 22.9 Å². The molecule has 0 fully saturated rings. The summed E-state index contributed by atoms with van der Waals surface area (Å²) >= 11 is 14.5. The van der Waals surface area contributed by atoms with Crippen LogP contribution in [0.1, 0.15) is 0 Å². The van der Waals surface area contributed by atoms with Crippen LogP contribution < -0.4 is 5.32 Å². The van der Waals surface area contributed by atoms with Crippen molar-refractivity contribution < 1.29 is 4.79 Å². The highest BCUT2D eigenvalue weighted by Crippen LogP contribution is 2.30. The lowest BCUT2D eigenvalue weighted by atomic mass is 10.2.